The number of rotatable bonds is 4. The van der Waals surface area contributed by atoms with Crippen LogP contribution in [-0.4, -0.2) is 17.8 Å². The van der Waals surface area contributed by atoms with Gasteiger partial charge in [-0.2, -0.15) is 0 Å². The van der Waals surface area contributed by atoms with E-state index in [4.69, 9.17) is 11.6 Å². The lowest BCUT2D eigenvalue weighted by atomic mass is 10.0. The van der Waals surface area contributed by atoms with Gasteiger partial charge in [-0.25, -0.2) is 0 Å². The van der Waals surface area contributed by atoms with Crippen molar-refractivity contribution in [2.24, 2.45) is 0 Å². The van der Waals surface area contributed by atoms with E-state index in [1.54, 1.807) is 0 Å². The zero-order valence-corrected chi connectivity index (χ0v) is 11.1. The Bertz CT molecular complexity index is 546. The molecule has 0 spiro atoms. The molecule has 0 aliphatic carbocycles. The van der Waals surface area contributed by atoms with E-state index in [9.17, 15) is 4.79 Å². The molecule has 1 unspecified atom stereocenters. The van der Waals surface area contributed by atoms with Gasteiger partial charge in [0, 0.05) is 11.9 Å². The number of halogens is 1. The first-order valence-electron chi connectivity index (χ1n) is 6.04. The highest BCUT2D eigenvalue weighted by Crippen LogP contribution is 2.18. The monoisotopic (exact) mass is 261 g/mol. The van der Waals surface area contributed by atoms with Gasteiger partial charge in [-0.05, 0) is 23.3 Å². The summed E-state index contributed by atoms with van der Waals surface area (Å²) in [7, 11) is 0. The second kappa shape index (κ2) is 5.87. The second-order valence-corrected chi connectivity index (χ2v) is 5.14. The normalized spacial score (nSPS) is 12.3. The van der Waals surface area contributed by atoms with E-state index in [0.717, 1.165) is 16.3 Å². The molecule has 3 heteroatoms. The van der Waals surface area contributed by atoms with Crippen molar-refractivity contribution < 1.29 is 4.79 Å². The van der Waals surface area contributed by atoms with Gasteiger partial charge in [0.15, 0.2) is 0 Å². The summed E-state index contributed by atoms with van der Waals surface area (Å²) in [4.78, 5) is 11.8. The first-order valence-corrected chi connectivity index (χ1v) is 6.48. The van der Waals surface area contributed by atoms with Crippen LogP contribution in [-0.2, 0) is 11.2 Å². The number of alkyl halides is 1. The Morgan fingerprint density at radius 3 is 2.72 bits per heavy atom. The molecule has 1 atom stereocenters. The van der Waals surface area contributed by atoms with Crippen LogP contribution in [0.5, 0.6) is 0 Å². The summed E-state index contributed by atoms with van der Waals surface area (Å²) in [6, 6.07) is 14.1. The van der Waals surface area contributed by atoms with Crippen molar-refractivity contribution in [3.05, 3.63) is 48.0 Å². The maximum absolute atomic E-state index is 11.8. The molecule has 0 aliphatic rings. The molecule has 0 fully saturated rings. The predicted octanol–water partition coefficient (Wildman–Crippen LogP) is 3.13. The molecule has 0 saturated carbocycles. The number of carbonyl (C=O) groups is 1. The van der Waals surface area contributed by atoms with E-state index in [2.05, 4.69) is 17.4 Å². The fourth-order valence-electron chi connectivity index (χ4n) is 1.94. The number of carbonyl (C=O) groups excluding carboxylic acids is 1. The summed E-state index contributed by atoms with van der Waals surface area (Å²) < 4.78 is 0. The van der Waals surface area contributed by atoms with Crippen LogP contribution in [0, 0.1) is 0 Å². The Kier molecular flexibility index (Phi) is 4.21. The van der Waals surface area contributed by atoms with Crippen LogP contribution >= 0.6 is 11.6 Å². The third kappa shape index (κ3) is 3.23. The second-order valence-electron chi connectivity index (χ2n) is 4.40. The highest BCUT2D eigenvalue weighted by atomic mass is 35.5. The molecule has 2 rings (SSSR count). The first-order chi connectivity index (χ1) is 8.66. The van der Waals surface area contributed by atoms with Crippen molar-refractivity contribution in [3.63, 3.8) is 0 Å². The Morgan fingerprint density at radius 2 is 1.94 bits per heavy atom. The molecule has 0 radical (unpaired) electrons. The molecule has 2 aromatic carbocycles. The summed E-state index contributed by atoms with van der Waals surface area (Å²) in [5.74, 6) is 0.0128. The van der Waals surface area contributed by atoms with Crippen LogP contribution < -0.4 is 5.32 Å². The number of benzene rings is 2. The number of hydrogen-bond acceptors (Lipinski definition) is 1. The Balaban J connectivity index is 2.14. The maximum atomic E-state index is 11.8. The van der Waals surface area contributed by atoms with Gasteiger partial charge >= 0.3 is 0 Å². The van der Waals surface area contributed by atoms with Gasteiger partial charge in [0.05, 0.1) is 6.42 Å². The van der Waals surface area contributed by atoms with Crippen molar-refractivity contribution in [2.75, 3.05) is 6.54 Å². The highest BCUT2D eigenvalue weighted by Gasteiger charge is 2.07. The minimum absolute atomic E-state index is 0.0128. The molecule has 2 aromatic rings. The molecule has 0 bridgehead atoms. The lowest BCUT2D eigenvalue weighted by Gasteiger charge is -2.08. The molecule has 1 amide bonds. The number of fused-ring (bicyclic) bond motifs is 1. The van der Waals surface area contributed by atoms with Crippen molar-refractivity contribution in [2.45, 2.75) is 18.7 Å². The Hall–Kier alpha value is -1.54. The van der Waals surface area contributed by atoms with Crippen molar-refractivity contribution in [1.29, 1.82) is 0 Å². The van der Waals surface area contributed by atoms with Crippen molar-refractivity contribution in [1.82, 2.24) is 5.32 Å². The van der Waals surface area contributed by atoms with Crippen LogP contribution in [0.1, 0.15) is 12.5 Å². The molecule has 0 aliphatic heterocycles. The number of nitrogens with one attached hydrogen (secondary N) is 1. The summed E-state index contributed by atoms with van der Waals surface area (Å²) in [6.45, 7) is 2.37. The van der Waals surface area contributed by atoms with Crippen LogP contribution in [0.3, 0.4) is 0 Å². The van der Waals surface area contributed by atoms with Gasteiger partial charge in [-0.15, -0.1) is 11.6 Å². The molecule has 1 N–H and O–H groups in total. The fraction of sp³-hybridized carbons (Fsp3) is 0.267. The molecular formula is C15H16ClNO. The molecule has 18 heavy (non-hydrogen) atoms. The first kappa shape index (κ1) is 12.9. The molecule has 0 aromatic heterocycles. The van der Waals surface area contributed by atoms with Gasteiger partial charge in [-0.1, -0.05) is 42.5 Å². The Morgan fingerprint density at radius 1 is 1.22 bits per heavy atom. The SMILES string of the molecule is CC(Cl)CNC(=O)Cc1cccc2ccccc12. The summed E-state index contributed by atoms with van der Waals surface area (Å²) in [5, 5.41) is 5.08. The maximum Gasteiger partial charge on any atom is 0.224 e. The van der Waals surface area contributed by atoms with Gasteiger partial charge in [0.2, 0.25) is 5.91 Å². The van der Waals surface area contributed by atoms with Gasteiger partial charge in [-0.3, -0.25) is 4.79 Å². The topological polar surface area (TPSA) is 29.1 Å². The third-order valence-electron chi connectivity index (χ3n) is 2.81. The van der Waals surface area contributed by atoms with E-state index >= 15 is 0 Å². The lowest BCUT2D eigenvalue weighted by molar-refractivity contribution is -0.120. The number of hydrogen-bond donors (Lipinski definition) is 1. The van der Waals surface area contributed by atoms with E-state index in [-0.39, 0.29) is 11.3 Å². The van der Waals surface area contributed by atoms with E-state index in [1.165, 1.54) is 0 Å². The van der Waals surface area contributed by atoms with E-state index < -0.39 is 0 Å². The van der Waals surface area contributed by atoms with Gasteiger partial charge in [0.1, 0.15) is 0 Å². The lowest BCUT2D eigenvalue weighted by Crippen LogP contribution is -2.29. The molecule has 2 nitrogen and oxygen atoms in total. The molecule has 0 saturated heterocycles. The van der Waals surface area contributed by atoms with Crippen molar-refractivity contribution in [3.8, 4) is 0 Å². The van der Waals surface area contributed by atoms with Gasteiger partial charge in [0.25, 0.3) is 0 Å². The zero-order chi connectivity index (χ0) is 13.0. The largest absolute Gasteiger partial charge is 0.354 e. The smallest absolute Gasteiger partial charge is 0.224 e. The fourth-order valence-corrected chi connectivity index (χ4v) is 2.01. The predicted molar refractivity (Wildman–Crippen MR) is 76.0 cm³/mol. The molecule has 0 heterocycles. The molecule has 94 valence electrons. The summed E-state index contributed by atoms with van der Waals surface area (Å²) in [6.07, 6.45) is 0.394. The average Bonchev–Trinajstić information content (AvgIpc) is 2.37. The third-order valence-corrected chi connectivity index (χ3v) is 2.97. The summed E-state index contributed by atoms with van der Waals surface area (Å²) in [5.41, 5.74) is 1.05. The van der Waals surface area contributed by atoms with Crippen LogP contribution in [0.25, 0.3) is 10.8 Å². The van der Waals surface area contributed by atoms with E-state index in [0.29, 0.717) is 13.0 Å². The number of amides is 1. The van der Waals surface area contributed by atoms with Crippen LogP contribution in [0.4, 0.5) is 0 Å². The van der Waals surface area contributed by atoms with Crippen LogP contribution in [0.15, 0.2) is 42.5 Å². The zero-order valence-electron chi connectivity index (χ0n) is 10.3. The quantitative estimate of drug-likeness (QED) is 0.842. The minimum atomic E-state index is -0.0403. The van der Waals surface area contributed by atoms with Crippen LogP contribution in [0.2, 0.25) is 0 Å². The standard InChI is InChI=1S/C15H16ClNO/c1-11(16)10-17-15(18)9-13-7-4-6-12-5-2-3-8-14(12)13/h2-8,11H,9-10H2,1H3,(H,17,18). The summed E-state index contributed by atoms with van der Waals surface area (Å²) >= 11 is 5.81. The van der Waals surface area contributed by atoms with Gasteiger partial charge < -0.3 is 5.32 Å². The van der Waals surface area contributed by atoms with E-state index in [1.807, 2.05) is 37.3 Å². The molecular weight excluding hydrogens is 246 g/mol. The Labute approximate surface area is 112 Å². The highest BCUT2D eigenvalue weighted by molar-refractivity contribution is 6.20. The van der Waals surface area contributed by atoms with Crippen molar-refractivity contribution >= 4 is 28.3 Å². The average molecular weight is 262 g/mol. The minimum Gasteiger partial charge on any atom is -0.354 e.